The lowest BCUT2D eigenvalue weighted by Crippen LogP contribution is -2.38. The molecule has 194 valence electrons. The van der Waals surface area contributed by atoms with E-state index < -0.39 is 12.0 Å². The molecule has 1 aliphatic carbocycles. The molecule has 36 heavy (non-hydrogen) atoms. The Kier molecular flexibility index (Phi) is 7.03. The Morgan fingerprint density at radius 1 is 1.28 bits per heavy atom. The number of nitrogens with one attached hydrogen (secondary N) is 1. The number of amides is 1. The Morgan fingerprint density at radius 2 is 2.03 bits per heavy atom. The summed E-state index contributed by atoms with van der Waals surface area (Å²) in [5.74, 6) is -3.09. The van der Waals surface area contributed by atoms with Crippen LogP contribution in [0.15, 0.2) is 24.5 Å². The quantitative estimate of drug-likeness (QED) is 0.534. The van der Waals surface area contributed by atoms with Gasteiger partial charge in [0.1, 0.15) is 5.69 Å². The summed E-state index contributed by atoms with van der Waals surface area (Å²) in [6.07, 6.45) is 3.65. The molecule has 1 atom stereocenters. The smallest absolute Gasteiger partial charge is 0.270 e. The minimum Gasteiger partial charge on any atom is -0.379 e. The number of fused-ring (bicyclic) bond motifs is 1. The highest BCUT2D eigenvalue weighted by molar-refractivity contribution is 5.92. The summed E-state index contributed by atoms with van der Waals surface area (Å²) in [5.41, 5.74) is 3.75. The van der Waals surface area contributed by atoms with Gasteiger partial charge in [-0.15, -0.1) is 0 Å². The lowest BCUT2D eigenvalue weighted by molar-refractivity contribution is -0.0495. The molecule has 0 spiro atoms. The molecule has 3 aromatic heterocycles. The summed E-state index contributed by atoms with van der Waals surface area (Å²) in [5, 5.41) is 12.0. The van der Waals surface area contributed by atoms with Gasteiger partial charge in [0.15, 0.2) is 5.65 Å². The van der Waals surface area contributed by atoms with Crippen molar-refractivity contribution in [2.75, 3.05) is 26.3 Å². The standard InChI is InChI=1S/C25H33F2N7O2/c1-3-33-21(6-9-28-33)24(35)30-23(18-4-7-25(26,27)8-5-18)20-16-34-22(29-20)14-19(17(2)31-34)15-32-10-12-36-13-11-32/h6,9,14,16,18,23H,3-5,7-8,10-13,15H2,1-2H3,(H,30,35). The lowest BCUT2D eigenvalue weighted by atomic mass is 9.81. The topological polar surface area (TPSA) is 89.6 Å². The number of carbonyl (C=O) groups excluding carboxylic acids is 1. The summed E-state index contributed by atoms with van der Waals surface area (Å²) in [4.78, 5) is 20.4. The van der Waals surface area contributed by atoms with Crippen LogP contribution < -0.4 is 5.32 Å². The van der Waals surface area contributed by atoms with Crippen LogP contribution in [-0.2, 0) is 17.8 Å². The Labute approximate surface area is 208 Å². The number of nitrogens with zero attached hydrogens (tertiary/aromatic N) is 6. The van der Waals surface area contributed by atoms with Crippen molar-refractivity contribution in [3.8, 4) is 0 Å². The van der Waals surface area contributed by atoms with Gasteiger partial charge in [-0.25, -0.2) is 18.3 Å². The van der Waals surface area contributed by atoms with Gasteiger partial charge in [-0.1, -0.05) is 0 Å². The van der Waals surface area contributed by atoms with Crippen LogP contribution in [0, 0.1) is 12.8 Å². The highest BCUT2D eigenvalue weighted by Crippen LogP contribution is 2.41. The first-order chi connectivity index (χ1) is 17.3. The fourth-order valence-corrected chi connectivity index (χ4v) is 5.20. The molecule has 0 aromatic carbocycles. The second kappa shape index (κ2) is 10.2. The number of aryl methyl sites for hydroxylation is 2. The van der Waals surface area contributed by atoms with Crippen molar-refractivity contribution in [1.82, 2.24) is 34.6 Å². The van der Waals surface area contributed by atoms with Gasteiger partial charge in [0.05, 0.1) is 36.8 Å². The van der Waals surface area contributed by atoms with Crippen molar-refractivity contribution < 1.29 is 18.3 Å². The van der Waals surface area contributed by atoms with Gasteiger partial charge in [-0.3, -0.25) is 14.4 Å². The SMILES string of the molecule is CCn1nccc1C(=O)NC(c1cn2nc(C)c(CN3CCOCC3)cc2n1)C1CCC(F)(F)CC1. The second-order valence-corrected chi connectivity index (χ2v) is 9.79. The van der Waals surface area contributed by atoms with Crippen LogP contribution in [0.2, 0.25) is 0 Å². The Morgan fingerprint density at radius 3 is 2.75 bits per heavy atom. The van der Waals surface area contributed by atoms with Crippen LogP contribution in [0.1, 0.15) is 66.1 Å². The van der Waals surface area contributed by atoms with Crippen LogP contribution in [0.4, 0.5) is 8.78 Å². The maximum atomic E-state index is 13.9. The number of carbonyl (C=O) groups is 1. The molecule has 4 heterocycles. The number of hydrogen-bond donors (Lipinski definition) is 1. The molecule has 1 saturated heterocycles. The zero-order chi connectivity index (χ0) is 25.3. The third kappa shape index (κ3) is 5.27. The zero-order valence-electron chi connectivity index (χ0n) is 20.8. The molecular weight excluding hydrogens is 468 g/mol. The molecule has 0 radical (unpaired) electrons. The predicted molar refractivity (Wildman–Crippen MR) is 129 cm³/mol. The van der Waals surface area contributed by atoms with E-state index in [0.29, 0.717) is 36.4 Å². The number of morpholine rings is 1. The number of imidazole rings is 1. The maximum absolute atomic E-state index is 13.9. The molecule has 0 bridgehead atoms. The first kappa shape index (κ1) is 24.8. The molecule has 1 amide bonds. The fraction of sp³-hybridized carbons (Fsp3) is 0.600. The van der Waals surface area contributed by atoms with E-state index in [9.17, 15) is 13.6 Å². The second-order valence-electron chi connectivity index (χ2n) is 9.79. The number of halogens is 2. The van der Waals surface area contributed by atoms with Crippen LogP contribution in [-0.4, -0.2) is 67.4 Å². The third-order valence-electron chi connectivity index (χ3n) is 7.34. The maximum Gasteiger partial charge on any atom is 0.270 e. The van der Waals surface area contributed by atoms with Crippen molar-refractivity contribution in [3.05, 3.63) is 47.2 Å². The van der Waals surface area contributed by atoms with Crippen molar-refractivity contribution in [2.24, 2.45) is 5.92 Å². The number of aromatic nitrogens is 5. The minimum atomic E-state index is -2.65. The largest absolute Gasteiger partial charge is 0.379 e. The van der Waals surface area contributed by atoms with Gasteiger partial charge in [0.2, 0.25) is 5.92 Å². The van der Waals surface area contributed by atoms with Crippen molar-refractivity contribution in [3.63, 3.8) is 0 Å². The summed E-state index contributed by atoms with van der Waals surface area (Å²) in [6, 6.07) is 3.19. The molecule has 2 fully saturated rings. The fourth-order valence-electron chi connectivity index (χ4n) is 5.20. The highest BCUT2D eigenvalue weighted by Gasteiger charge is 2.39. The Bertz CT molecular complexity index is 1210. The average molecular weight is 502 g/mol. The van der Waals surface area contributed by atoms with Crippen molar-refractivity contribution in [1.29, 1.82) is 0 Å². The van der Waals surface area contributed by atoms with Crippen LogP contribution in [0.3, 0.4) is 0 Å². The summed E-state index contributed by atoms with van der Waals surface area (Å²) in [7, 11) is 0. The lowest BCUT2D eigenvalue weighted by Gasteiger charge is -2.33. The highest BCUT2D eigenvalue weighted by atomic mass is 19.3. The van der Waals surface area contributed by atoms with Gasteiger partial charge in [-0.05, 0) is 50.3 Å². The van der Waals surface area contributed by atoms with E-state index in [0.717, 1.165) is 44.1 Å². The van der Waals surface area contributed by atoms with E-state index in [4.69, 9.17) is 14.8 Å². The van der Waals surface area contributed by atoms with Crippen LogP contribution >= 0.6 is 0 Å². The van der Waals surface area contributed by atoms with Gasteiger partial charge in [-0.2, -0.15) is 10.2 Å². The normalized spacial score (nSPS) is 20.0. The average Bonchev–Trinajstić information content (AvgIpc) is 3.50. The molecule has 1 unspecified atom stereocenters. The van der Waals surface area contributed by atoms with Gasteiger partial charge < -0.3 is 10.1 Å². The van der Waals surface area contributed by atoms with E-state index in [2.05, 4.69) is 15.3 Å². The van der Waals surface area contributed by atoms with Crippen molar-refractivity contribution >= 4 is 11.6 Å². The molecule has 1 N–H and O–H groups in total. The molecule has 3 aromatic rings. The number of alkyl halides is 2. The van der Waals surface area contributed by atoms with Gasteiger partial charge in [0, 0.05) is 45.2 Å². The number of ether oxygens (including phenoxy) is 1. The van der Waals surface area contributed by atoms with Crippen LogP contribution in [0.5, 0.6) is 0 Å². The van der Waals surface area contributed by atoms with Gasteiger partial charge >= 0.3 is 0 Å². The molecular formula is C25H33F2N7O2. The molecule has 5 rings (SSSR count). The first-order valence-electron chi connectivity index (χ1n) is 12.7. The summed E-state index contributed by atoms with van der Waals surface area (Å²) < 4.78 is 36.7. The predicted octanol–water partition coefficient (Wildman–Crippen LogP) is 3.38. The molecule has 1 aliphatic heterocycles. The van der Waals surface area contributed by atoms with Crippen molar-refractivity contribution in [2.45, 2.75) is 64.6 Å². The summed E-state index contributed by atoms with van der Waals surface area (Å²) >= 11 is 0. The van der Waals surface area contributed by atoms with Crippen LogP contribution in [0.25, 0.3) is 5.65 Å². The van der Waals surface area contributed by atoms with E-state index in [1.165, 1.54) is 0 Å². The summed E-state index contributed by atoms with van der Waals surface area (Å²) in [6.45, 7) is 8.40. The Balaban J connectivity index is 1.44. The zero-order valence-corrected chi connectivity index (χ0v) is 20.8. The monoisotopic (exact) mass is 501 g/mol. The third-order valence-corrected chi connectivity index (χ3v) is 7.34. The molecule has 9 nitrogen and oxygen atoms in total. The Hall–Kier alpha value is -2.92. The van der Waals surface area contributed by atoms with E-state index >= 15 is 0 Å². The van der Waals surface area contributed by atoms with E-state index in [1.807, 2.05) is 26.1 Å². The molecule has 11 heteroatoms. The van der Waals surface area contributed by atoms with E-state index in [-0.39, 0.29) is 24.7 Å². The first-order valence-corrected chi connectivity index (χ1v) is 12.7. The minimum absolute atomic E-state index is 0.148. The number of rotatable bonds is 7. The van der Waals surface area contributed by atoms with Gasteiger partial charge in [0.25, 0.3) is 5.91 Å². The van der Waals surface area contributed by atoms with E-state index in [1.54, 1.807) is 21.5 Å². The number of hydrogen-bond acceptors (Lipinski definition) is 6. The molecule has 1 saturated carbocycles. The molecule has 2 aliphatic rings.